The number of nitrogens with one attached hydrogen (secondary N) is 2. The maximum absolute atomic E-state index is 13.0. The van der Waals surface area contributed by atoms with Crippen molar-refractivity contribution in [1.29, 1.82) is 0 Å². The van der Waals surface area contributed by atoms with E-state index in [4.69, 9.17) is 0 Å². The van der Waals surface area contributed by atoms with E-state index < -0.39 is 6.04 Å². The Labute approximate surface area is 181 Å². The van der Waals surface area contributed by atoms with Crippen LogP contribution in [0.2, 0.25) is 0 Å². The first-order chi connectivity index (χ1) is 15.0. The highest BCUT2D eigenvalue weighted by Crippen LogP contribution is 2.31. The van der Waals surface area contributed by atoms with Crippen LogP contribution in [0.25, 0.3) is 11.0 Å². The number of fused-ring (bicyclic) bond motifs is 1. The minimum Gasteiger partial charge on any atom is -0.316 e. The number of imide groups is 1. The molecule has 1 aromatic heterocycles. The number of imidazole rings is 1. The number of hydrogen-bond donors (Lipinski definition) is 2. The fourth-order valence-electron chi connectivity index (χ4n) is 5.55. The lowest BCUT2D eigenvalue weighted by molar-refractivity contribution is -0.135. The van der Waals surface area contributed by atoms with Gasteiger partial charge in [-0.1, -0.05) is 6.07 Å². The molecule has 0 aliphatic carbocycles. The number of aromatic nitrogens is 2. The molecule has 3 fully saturated rings. The predicted molar refractivity (Wildman–Crippen MR) is 118 cm³/mol. The maximum atomic E-state index is 13.0. The topological polar surface area (TPSA) is 88.4 Å². The number of carbonyl (C=O) groups is 2. The Morgan fingerprint density at radius 1 is 1.03 bits per heavy atom. The van der Waals surface area contributed by atoms with Crippen LogP contribution in [0.1, 0.15) is 49.6 Å². The van der Waals surface area contributed by atoms with Crippen LogP contribution in [0.4, 0.5) is 0 Å². The van der Waals surface area contributed by atoms with Crippen molar-refractivity contribution in [2.45, 2.75) is 44.1 Å². The van der Waals surface area contributed by atoms with Gasteiger partial charge in [0.15, 0.2) is 0 Å². The molecule has 1 aromatic carbocycles. The Morgan fingerprint density at radius 2 is 1.84 bits per heavy atom. The summed E-state index contributed by atoms with van der Waals surface area (Å²) < 4.78 is 3.18. The molecule has 0 spiro atoms. The first-order valence-corrected chi connectivity index (χ1v) is 11.5. The van der Waals surface area contributed by atoms with Gasteiger partial charge in [-0.2, -0.15) is 0 Å². The highest BCUT2D eigenvalue weighted by atomic mass is 16.2. The van der Waals surface area contributed by atoms with E-state index in [0.29, 0.717) is 12.3 Å². The van der Waals surface area contributed by atoms with Crippen molar-refractivity contribution in [3.63, 3.8) is 0 Å². The third-order valence-corrected chi connectivity index (χ3v) is 7.37. The summed E-state index contributed by atoms with van der Waals surface area (Å²) in [6.07, 6.45) is 4.17. The molecule has 8 heteroatoms. The molecule has 0 radical (unpaired) electrons. The van der Waals surface area contributed by atoms with Crippen molar-refractivity contribution < 1.29 is 9.59 Å². The monoisotopic (exact) mass is 425 g/mol. The quantitative estimate of drug-likeness (QED) is 0.717. The van der Waals surface area contributed by atoms with Crippen molar-refractivity contribution in [3.8, 4) is 0 Å². The lowest BCUT2D eigenvalue weighted by Gasteiger charge is -2.33. The molecule has 31 heavy (non-hydrogen) atoms. The number of amides is 2. The number of likely N-dealkylation sites (tertiary alicyclic amines) is 1. The zero-order valence-electron chi connectivity index (χ0n) is 18.1. The SMILES string of the molecule is Cn1c(=O)n(C2CCC(=O)NC2=O)c2ccc(C3CCN(C[C@H]4CCNC4)CC3)cc21. The summed E-state index contributed by atoms with van der Waals surface area (Å²) >= 11 is 0. The molecule has 166 valence electrons. The molecule has 2 aromatic rings. The Bertz CT molecular complexity index is 1060. The fourth-order valence-corrected chi connectivity index (χ4v) is 5.55. The standard InChI is InChI=1S/C23H31N5O3/c1-26-20-12-17(16-7-10-27(11-8-16)14-15-6-9-24-13-15)2-3-18(20)28(23(26)31)19-4-5-21(29)25-22(19)30/h2-3,12,15-16,19,24H,4-11,13-14H2,1H3,(H,25,29,30)/t15-,19?/m0/s1. The van der Waals surface area contributed by atoms with E-state index in [1.807, 2.05) is 6.07 Å². The molecule has 0 bridgehead atoms. The number of hydrogen-bond acceptors (Lipinski definition) is 5. The lowest BCUT2D eigenvalue weighted by atomic mass is 9.88. The highest BCUT2D eigenvalue weighted by molar-refractivity contribution is 6.00. The number of piperidine rings is 2. The van der Waals surface area contributed by atoms with Gasteiger partial charge < -0.3 is 10.2 Å². The van der Waals surface area contributed by atoms with Gasteiger partial charge in [0.05, 0.1) is 11.0 Å². The van der Waals surface area contributed by atoms with Crippen LogP contribution in [-0.2, 0) is 16.6 Å². The second-order valence-corrected chi connectivity index (χ2v) is 9.36. The van der Waals surface area contributed by atoms with Gasteiger partial charge in [0.1, 0.15) is 6.04 Å². The van der Waals surface area contributed by atoms with Gasteiger partial charge in [-0.25, -0.2) is 4.79 Å². The summed E-state index contributed by atoms with van der Waals surface area (Å²) in [5.41, 5.74) is 2.68. The Morgan fingerprint density at radius 3 is 2.55 bits per heavy atom. The van der Waals surface area contributed by atoms with E-state index in [2.05, 4.69) is 27.7 Å². The largest absolute Gasteiger partial charge is 0.329 e. The first kappa shape index (κ1) is 20.5. The predicted octanol–water partition coefficient (Wildman–Crippen LogP) is 1.11. The van der Waals surface area contributed by atoms with Crippen molar-refractivity contribution in [2.75, 3.05) is 32.7 Å². The normalized spacial score (nSPS) is 26.0. The van der Waals surface area contributed by atoms with E-state index in [0.717, 1.165) is 56.0 Å². The van der Waals surface area contributed by atoms with E-state index in [-0.39, 0.29) is 23.9 Å². The molecule has 4 heterocycles. The number of nitrogens with zero attached hydrogens (tertiary/aromatic N) is 3. The molecule has 3 aliphatic heterocycles. The van der Waals surface area contributed by atoms with Crippen molar-refractivity contribution in [1.82, 2.24) is 24.7 Å². The van der Waals surface area contributed by atoms with Gasteiger partial charge in [0.2, 0.25) is 11.8 Å². The molecule has 2 N–H and O–H groups in total. The van der Waals surface area contributed by atoms with Crippen LogP contribution >= 0.6 is 0 Å². The van der Waals surface area contributed by atoms with Crippen LogP contribution in [0.3, 0.4) is 0 Å². The third-order valence-electron chi connectivity index (χ3n) is 7.37. The summed E-state index contributed by atoms with van der Waals surface area (Å²) in [6, 6.07) is 5.59. The molecular weight excluding hydrogens is 394 g/mol. The second kappa shape index (κ2) is 8.24. The lowest BCUT2D eigenvalue weighted by Crippen LogP contribution is -2.44. The third kappa shape index (κ3) is 3.83. The molecule has 8 nitrogen and oxygen atoms in total. The number of rotatable bonds is 4. The Kier molecular flexibility index (Phi) is 5.44. The van der Waals surface area contributed by atoms with E-state index in [1.165, 1.54) is 18.5 Å². The zero-order valence-corrected chi connectivity index (χ0v) is 18.1. The summed E-state index contributed by atoms with van der Waals surface area (Å²) in [7, 11) is 1.76. The fraction of sp³-hybridized carbons (Fsp3) is 0.609. The zero-order chi connectivity index (χ0) is 21.5. The smallest absolute Gasteiger partial charge is 0.316 e. The maximum Gasteiger partial charge on any atom is 0.329 e. The van der Waals surface area contributed by atoms with E-state index in [1.54, 1.807) is 16.2 Å². The van der Waals surface area contributed by atoms with Crippen LogP contribution in [0.5, 0.6) is 0 Å². The van der Waals surface area contributed by atoms with Gasteiger partial charge in [0.25, 0.3) is 0 Å². The summed E-state index contributed by atoms with van der Waals surface area (Å²) in [6.45, 7) is 5.74. The summed E-state index contributed by atoms with van der Waals surface area (Å²) in [5.74, 6) is 0.623. The van der Waals surface area contributed by atoms with Crippen LogP contribution in [-0.4, -0.2) is 58.6 Å². The number of carbonyl (C=O) groups excluding carboxylic acids is 2. The first-order valence-electron chi connectivity index (χ1n) is 11.5. The van der Waals surface area contributed by atoms with E-state index >= 15 is 0 Å². The minimum atomic E-state index is -0.631. The molecule has 1 unspecified atom stereocenters. The van der Waals surface area contributed by atoms with Crippen molar-refractivity contribution in [3.05, 3.63) is 34.2 Å². The molecule has 3 saturated heterocycles. The second-order valence-electron chi connectivity index (χ2n) is 9.36. The molecule has 2 atom stereocenters. The number of benzene rings is 1. The Balaban J connectivity index is 1.35. The minimum absolute atomic E-state index is 0.207. The highest BCUT2D eigenvalue weighted by Gasteiger charge is 2.31. The van der Waals surface area contributed by atoms with Crippen molar-refractivity contribution in [2.24, 2.45) is 13.0 Å². The van der Waals surface area contributed by atoms with Gasteiger partial charge in [0, 0.05) is 20.0 Å². The summed E-state index contributed by atoms with van der Waals surface area (Å²) in [4.78, 5) is 39.4. The van der Waals surface area contributed by atoms with Gasteiger partial charge in [-0.15, -0.1) is 0 Å². The van der Waals surface area contributed by atoms with Crippen LogP contribution < -0.4 is 16.3 Å². The average Bonchev–Trinajstić information content (AvgIpc) is 3.36. The van der Waals surface area contributed by atoms with Crippen molar-refractivity contribution >= 4 is 22.8 Å². The average molecular weight is 426 g/mol. The summed E-state index contributed by atoms with van der Waals surface area (Å²) in [5, 5.41) is 5.82. The van der Waals surface area contributed by atoms with Crippen LogP contribution in [0, 0.1) is 5.92 Å². The van der Waals surface area contributed by atoms with Gasteiger partial charge in [-0.05, 0) is 81.4 Å². The molecule has 2 amide bonds. The molecule has 0 saturated carbocycles. The van der Waals surface area contributed by atoms with Gasteiger partial charge >= 0.3 is 5.69 Å². The van der Waals surface area contributed by atoms with Crippen LogP contribution in [0.15, 0.2) is 23.0 Å². The molecular formula is C23H31N5O3. The van der Waals surface area contributed by atoms with E-state index in [9.17, 15) is 14.4 Å². The van der Waals surface area contributed by atoms with Gasteiger partial charge in [-0.3, -0.25) is 24.0 Å². The Hall–Kier alpha value is -2.45. The molecule has 3 aliphatic rings. The number of aryl methyl sites for hydroxylation is 1. The molecule has 5 rings (SSSR count).